The molecular weight excluding hydrogens is 240 g/mol. The largest absolute Gasteiger partial charge is 0.486 e. The molecule has 0 aliphatic carbocycles. The third kappa shape index (κ3) is 5.69. The molecule has 3 nitrogen and oxygen atoms in total. The first kappa shape index (κ1) is 15.4. The molecule has 0 unspecified atom stereocenters. The van der Waals surface area contributed by atoms with Crippen molar-refractivity contribution in [3.63, 3.8) is 0 Å². The van der Waals surface area contributed by atoms with Crippen LogP contribution in [0.1, 0.15) is 50.9 Å². The normalized spacial score (nSPS) is 11.2. The van der Waals surface area contributed by atoms with E-state index in [9.17, 15) is 9.59 Å². The minimum absolute atomic E-state index is 0.0141. The summed E-state index contributed by atoms with van der Waals surface area (Å²) < 4.78 is 5.33. The van der Waals surface area contributed by atoms with Crippen molar-refractivity contribution >= 4 is 11.6 Å². The lowest BCUT2D eigenvalue weighted by atomic mass is 9.88. The van der Waals surface area contributed by atoms with E-state index in [1.54, 1.807) is 31.2 Å². The first-order valence-corrected chi connectivity index (χ1v) is 6.59. The topological polar surface area (TPSA) is 43.4 Å². The zero-order valence-electron chi connectivity index (χ0n) is 12.2. The molecule has 104 valence electrons. The monoisotopic (exact) mass is 262 g/mol. The fourth-order valence-electron chi connectivity index (χ4n) is 1.59. The predicted octanol–water partition coefficient (Wildman–Crippen LogP) is 3.66. The Labute approximate surface area is 115 Å². The molecular formula is C16H22O3. The molecule has 0 saturated heterocycles. The van der Waals surface area contributed by atoms with Crippen molar-refractivity contribution in [2.45, 2.75) is 40.5 Å². The lowest BCUT2D eigenvalue weighted by Crippen LogP contribution is -2.13. The Kier molecular flexibility index (Phi) is 5.28. The van der Waals surface area contributed by atoms with Gasteiger partial charge in [0, 0.05) is 18.4 Å². The second kappa shape index (κ2) is 6.50. The summed E-state index contributed by atoms with van der Waals surface area (Å²) in [6.07, 6.45) is 0.990. The number of carbonyl (C=O) groups is 2. The number of benzene rings is 1. The smallest absolute Gasteiger partial charge is 0.169 e. The van der Waals surface area contributed by atoms with Gasteiger partial charge in [0.1, 0.15) is 12.4 Å². The van der Waals surface area contributed by atoms with Gasteiger partial charge in [-0.2, -0.15) is 0 Å². The lowest BCUT2D eigenvalue weighted by Gasteiger charge is -2.16. The van der Waals surface area contributed by atoms with E-state index in [0.717, 1.165) is 0 Å². The molecule has 1 aromatic rings. The Bertz CT molecular complexity index is 438. The minimum atomic E-state index is -0.0141. The summed E-state index contributed by atoms with van der Waals surface area (Å²) in [4.78, 5) is 23.1. The van der Waals surface area contributed by atoms with Crippen molar-refractivity contribution in [2.75, 3.05) is 6.61 Å². The van der Waals surface area contributed by atoms with E-state index in [-0.39, 0.29) is 23.6 Å². The average molecular weight is 262 g/mol. The van der Waals surface area contributed by atoms with Gasteiger partial charge in [-0.25, -0.2) is 0 Å². The number of ether oxygens (including phenoxy) is 1. The Morgan fingerprint density at radius 3 is 2.16 bits per heavy atom. The molecule has 0 bridgehead atoms. The number of ketones is 2. The van der Waals surface area contributed by atoms with Crippen LogP contribution in [0, 0.1) is 5.41 Å². The van der Waals surface area contributed by atoms with Crippen molar-refractivity contribution in [1.29, 1.82) is 0 Å². The number of hydrogen-bond donors (Lipinski definition) is 0. The van der Waals surface area contributed by atoms with Gasteiger partial charge >= 0.3 is 0 Å². The van der Waals surface area contributed by atoms with Crippen molar-refractivity contribution in [2.24, 2.45) is 5.41 Å². The number of rotatable bonds is 6. The van der Waals surface area contributed by atoms with Crippen LogP contribution in [0.2, 0.25) is 0 Å². The van der Waals surface area contributed by atoms with Crippen LogP contribution in [0.15, 0.2) is 24.3 Å². The molecule has 0 aliphatic rings. The van der Waals surface area contributed by atoms with Crippen molar-refractivity contribution < 1.29 is 14.3 Å². The van der Waals surface area contributed by atoms with Gasteiger partial charge in [-0.15, -0.1) is 0 Å². The summed E-state index contributed by atoms with van der Waals surface area (Å²) in [5, 5.41) is 0. The number of carbonyl (C=O) groups excluding carboxylic acids is 2. The van der Waals surface area contributed by atoms with Gasteiger partial charge in [0.25, 0.3) is 0 Å². The van der Waals surface area contributed by atoms with Gasteiger partial charge < -0.3 is 4.74 Å². The van der Waals surface area contributed by atoms with E-state index >= 15 is 0 Å². The molecule has 1 aromatic carbocycles. The standard InChI is InChI=1S/C16H22O3/c1-5-13(17)11-19-14-8-6-12(7-9-14)15(18)10-16(2,3)4/h6-9H,5,10-11H2,1-4H3. The molecule has 0 N–H and O–H groups in total. The first-order chi connectivity index (χ1) is 8.81. The quantitative estimate of drug-likeness (QED) is 0.735. The fourth-order valence-corrected chi connectivity index (χ4v) is 1.59. The molecule has 0 fully saturated rings. The maximum atomic E-state index is 12.0. The van der Waals surface area contributed by atoms with Crippen LogP contribution in [0.5, 0.6) is 5.75 Å². The number of hydrogen-bond acceptors (Lipinski definition) is 3. The molecule has 0 aromatic heterocycles. The summed E-state index contributed by atoms with van der Waals surface area (Å²) in [6.45, 7) is 8.02. The van der Waals surface area contributed by atoms with E-state index in [0.29, 0.717) is 24.2 Å². The molecule has 0 heterocycles. The van der Waals surface area contributed by atoms with Gasteiger partial charge in [0.2, 0.25) is 0 Å². The minimum Gasteiger partial charge on any atom is -0.486 e. The van der Waals surface area contributed by atoms with E-state index in [1.807, 2.05) is 20.8 Å². The van der Waals surface area contributed by atoms with Crippen LogP contribution < -0.4 is 4.74 Å². The Balaban J connectivity index is 2.61. The zero-order valence-corrected chi connectivity index (χ0v) is 12.2. The van der Waals surface area contributed by atoms with Crippen molar-refractivity contribution in [1.82, 2.24) is 0 Å². The highest BCUT2D eigenvalue weighted by molar-refractivity contribution is 5.96. The van der Waals surface area contributed by atoms with E-state index in [2.05, 4.69) is 0 Å². The average Bonchev–Trinajstić information content (AvgIpc) is 2.34. The molecule has 3 heteroatoms. The van der Waals surface area contributed by atoms with Gasteiger partial charge in [-0.1, -0.05) is 27.7 Å². The molecule has 0 amide bonds. The third-order valence-corrected chi connectivity index (χ3v) is 2.66. The van der Waals surface area contributed by atoms with Crippen LogP contribution in [0.3, 0.4) is 0 Å². The summed E-state index contributed by atoms with van der Waals surface area (Å²) in [7, 11) is 0. The van der Waals surface area contributed by atoms with Crippen molar-refractivity contribution in [3.05, 3.63) is 29.8 Å². The predicted molar refractivity (Wildman–Crippen MR) is 75.6 cm³/mol. The highest BCUT2D eigenvalue weighted by Gasteiger charge is 2.17. The van der Waals surface area contributed by atoms with Gasteiger partial charge in [-0.3, -0.25) is 9.59 Å². The number of Topliss-reactive ketones (excluding diaryl/α,β-unsaturated/α-hetero) is 2. The zero-order chi connectivity index (χ0) is 14.5. The second-order valence-electron chi connectivity index (χ2n) is 5.87. The SMILES string of the molecule is CCC(=O)COc1ccc(C(=O)CC(C)(C)C)cc1. The van der Waals surface area contributed by atoms with E-state index < -0.39 is 0 Å². The summed E-state index contributed by atoms with van der Waals surface area (Å²) in [5.41, 5.74) is 0.670. The Morgan fingerprint density at radius 2 is 1.68 bits per heavy atom. The molecule has 19 heavy (non-hydrogen) atoms. The Morgan fingerprint density at radius 1 is 1.11 bits per heavy atom. The molecule has 1 rings (SSSR count). The van der Waals surface area contributed by atoms with Gasteiger partial charge in [-0.05, 0) is 29.7 Å². The molecule has 0 aliphatic heterocycles. The van der Waals surface area contributed by atoms with Gasteiger partial charge in [0.05, 0.1) is 0 Å². The Hall–Kier alpha value is -1.64. The second-order valence-corrected chi connectivity index (χ2v) is 5.87. The van der Waals surface area contributed by atoms with Crippen molar-refractivity contribution in [3.8, 4) is 5.75 Å². The van der Waals surface area contributed by atoms with Crippen LogP contribution in [-0.2, 0) is 4.79 Å². The first-order valence-electron chi connectivity index (χ1n) is 6.59. The molecule has 0 atom stereocenters. The highest BCUT2D eigenvalue weighted by Crippen LogP contribution is 2.22. The van der Waals surface area contributed by atoms with Crippen LogP contribution in [0.25, 0.3) is 0 Å². The third-order valence-electron chi connectivity index (χ3n) is 2.66. The van der Waals surface area contributed by atoms with E-state index in [1.165, 1.54) is 0 Å². The van der Waals surface area contributed by atoms with Gasteiger partial charge in [0.15, 0.2) is 11.6 Å². The maximum absolute atomic E-state index is 12.0. The van der Waals surface area contributed by atoms with Crippen LogP contribution >= 0.6 is 0 Å². The molecule has 0 saturated carbocycles. The highest BCUT2D eigenvalue weighted by atomic mass is 16.5. The maximum Gasteiger partial charge on any atom is 0.169 e. The summed E-state index contributed by atoms with van der Waals surface area (Å²) >= 11 is 0. The van der Waals surface area contributed by atoms with Crippen LogP contribution in [-0.4, -0.2) is 18.2 Å². The van der Waals surface area contributed by atoms with E-state index in [4.69, 9.17) is 4.74 Å². The molecule has 0 spiro atoms. The van der Waals surface area contributed by atoms with Crippen LogP contribution in [0.4, 0.5) is 0 Å². The lowest BCUT2D eigenvalue weighted by molar-refractivity contribution is -0.120. The summed E-state index contributed by atoms with van der Waals surface area (Å²) in [6, 6.07) is 6.97. The summed E-state index contributed by atoms with van der Waals surface area (Å²) in [5.74, 6) is 0.811. The fraction of sp³-hybridized carbons (Fsp3) is 0.500. The molecule has 0 radical (unpaired) electrons.